The summed E-state index contributed by atoms with van der Waals surface area (Å²) < 4.78 is 0. The Labute approximate surface area is 116 Å². The molecule has 0 aliphatic heterocycles. The molecule has 2 rings (SSSR count). The number of hydrogen-bond donors (Lipinski definition) is 2. The molecule has 0 fully saturated rings. The molecule has 0 aliphatic carbocycles. The first kappa shape index (κ1) is 13.0. The molecule has 2 aromatic heterocycles. The quantitative estimate of drug-likeness (QED) is 0.825. The highest BCUT2D eigenvalue weighted by atomic mass is 32.1. The Morgan fingerprint density at radius 3 is 3.06 bits per heavy atom. The molecule has 1 unspecified atom stereocenters. The molecular formula is C13H15N3S2. The molecule has 94 valence electrons. The van der Waals surface area contributed by atoms with Crippen LogP contribution < -0.4 is 11.1 Å². The van der Waals surface area contributed by atoms with E-state index in [4.69, 9.17) is 18.0 Å². The van der Waals surface area contributed by atoms with Crippen molar-refractivity contribution in [2.24, 2.45) is 5.73 Å². The Hall–Kier alpha value is -1.46. The van der Waals surface area contributed by atoms with E-state index in [1.165, 1.54) is 5.56 Å². The average Bonchev–Trinajstić information content (AvgIpc) is 2.82. The van der Waals surface area contributed by atoms with E-state index in [0.717, 1.165) is 12.1 Å². The first-order valence-electron chi connectivity index (χ1n) is 5.68. The predicted molar refractivity (Wildman–Crippen MR) is 81.2 cm³/mol. The van der Waals surface area contributed by atoms with E-state index >= 15 is 0 Å². The fourth-order valence-corrected chi connectivity index (χ4v) is 2.55. The van der Waals surface area contributed by atoms with Gasteiger partial charge in [-0.25, -0.2) is 0 Å². The van der Waals surface area contributed by atoms with Gasteiger partial charge in [0.1, 0.15) is 4.99 Å². The third-order valence-electron chi connectivity index (χ3n) is 2.55. The van der Waals surface area contributed by atoms with Crippen molar-refractivity contribution < 1.29 is 0 Å². The second-order valence-electron chi connectivity index (χ2n) is 4.18. The highest BCUT2D eigenvalue weighted by molar-refractivity contribution is 7.80. The first-order chi connectivity index (χ1) is 8.65. The number of pyridine rings is 1. The molecule has 0 spiro atoms. The molecule has 0 saturated carbocycles. The maximum Gasteiger partial charge on any atom is 0.122 e. The fraction of sp³-hybridized carbons (Fsp3) is 0.231. The Morgan fingerprint density at radius 1 is 1.56 bits per heavy atom. The van der Waals surface area contributed by atoms with E-state index in [1.54, 1.807) is 17.5 Å². The molecular weight excluding hydrogens is 262 g/mol. The molecule has 0 amide bonds. The van der Waals surface area contributed by atoms with Crippen LogP contribution in [-0.4, -0.2) is 16.0 Å². The molecule has 0 bridgehead atoms. The van der Waals surface area contributed by atoms with Gasteiger partial charge in [0.15, 0.2) is 0 Å². The Bertz CT molecular complexity index is 523. The van der Waals surface area contributed by atoms with Crippen molar-refractivity contribution in [3.63, 3.8) is 0 Å². The summed E-state index contributed by atoms with van der Waals surface area (Å²) >= 11 is 6.64. The lowest BCUT2D eigenvalue weighted by molar-refractivity contribution is 0.792. The predicted octanol–water partition coefficient (Wildman–Crippen LogP) is 2.82. The number of rotatable bonds is 5. The summed E-state index contributed by atoms with van der Waals surface area (Å²) in [6, 6.07) is 6.30. The van der Waals surface area contributed by atoms with Crippen LogP contribution in [0.15, 0.2) is 35.2 Å². The number of nitrogens with one attached hydrogen (secondary N) is 1. The van der Waals surface area contributed by atoms with Crippen molar-refractivity contribution in [2.75, 3.05) is 5.32 Å². The van der Waals surface area contributed by atoms with Crippen LogP contribution in [-0.2, 0) is 6.42 Å². The van der Waals surface area contributed by atoms with E-state index < -0.39 is 0 Å². The summed E-state index contributed by atoms with van der Waals surface area (Å²) in [5.74, 6) is 0. The molecule has 5 heteroatoms. The molecule has 0 aromatic carbocycles. The van der Waals surface area contributed by atoms with Gasteiger partial charge >= 0.3 is 0 Å². The molecule has 2 aromatic rings. The summed E-state index contributed by atoms with van der Waals surface area (Å²) in [4.78, 5) is 4.44. The largest absolute Gasteiger partial charge is 0.388 e. The maximum absolute atomic E-state index is 5.57. The van der Waals surface area contributed by atoms with Crippen LogP contribution in [0.1, 0.15) is 18.2 Å². The van der Waals surface area contributed by atoms with E-state index in [0.29, 0.717) is 16.7 Å². The van der Waals surface area contributed by atoms with Gasteiger partial charge in [-0.3, -0.25) is 4.98 Å². The van der Waals surface area contributed by atoms with Gasteiger partial charge in [-0.2, -0.15) is 11.3 Å². The lowest BCUT2D eigenvalue weighted by Crippen LogP contribution is -2.19. The van der Waals surface area contributed by atoms with Crippen LogP contribution >= 0.6 is 23.6 Å². The minimum absolute atomic E-state index is 0.323. The number of anilines is 1. The van der Waals surface area contributed by atoms with Gasteiger partial charge in [0.2, 0.25) is 0 Å². The number of thiophene rings is 1. The SMILES string of the molecule is CC(Cc1ccsc1)Nc1ccnc(C(N)=S)c1. The van der Waals surface area contributed by atoms with Crippen LogP contribution in [0.2, 0.25) is 0 Å². The van der Waals surface area contributed by atoms with Crippen molar-refractivity contribution >= 4 is 34.2 Å². The zero-order chi connectivity index (χ0) is 13.0. The number of thiocarbonyl (C=S) groups is 1. The van der Waals surface area contributed by atoms with E-state index in [1.807, 2.05) is 12.1 Å². The molecule has 2 heterocycles. The number of aromatic nitrogens is 1. The molecule has 0 saturated heterocycles. The van der Waals surface area contributed by atoms with Gasteiger partial charge in [-0.05, 0) is 47.9 Å². The molecule has 18 heavy (non-hydrogen) atoms. The summed E-state index contributed by atoms with van der Waals surface area (Å²) in [5.41, 5.74) is 8.56. The minimum Gasteiger partial charge on any atom is -0.388 e. The Kier molecular flexibility index (Phi) is 4.28. The van der Waals surface area contributed by atoms with Gasteiger partial charge in [0.25, 0.3) is 0 Å². The lowest BCUT2D eigenvalue weighted by atomic mass is 10.1. The molecule has 0 aliphatic rings. The van der Waals surface area contributed by atoms with Crippen molar-refractivity contribution in [3.05, 3.63) is 46.4 Å². The molecule has 1 atom stereocenters. The number of nitrogens with two attached hydrogens (primary N) is 1. The summed E-state index contributed by atoms with van der Waals surface area (Å²) in [6.45, 7) is 2.15. The van der Waals surface area contributed by atoms with Crippen LogP contribution in [0.5, 0.6) is 0 Å². The van der Waals surface area contributed by atoms with Crippen molar-refractivity contribution in [3.8, 4) is 0 Å². The highest BCUT2D eigenvalue weighted by Gasteiger charge is 2.05. The van der Waals surface area contributed by atoms with Crippen LogP contribution in [0, 0.1) is 0 Å². The minimum atomic E-state index is 0.323. The maximum atomic E-state index is 5.57. The normalized spacial score (nSPS) is 12.1. The van der Waals surface area contributed by atoms with Crippen molar-refractivity contribution in [1.82, 2.24) is 4.98 Å². The smallest absolute Gasteiger partial charge is 0.122 e. The van der Waals surface area contributed by atoms with Crippen molar-refractivity contribution in [1.29, 1.82) is 0 Å². The fourth-order valence-electron chi connectivity index (χ4n) is 1.75. The van der Waals surface area contributed by atoms with Crippen molar-refractivity contribution in [2.45, 2.75) is 19.4 Å². The monoisotopic (exact) mass is 277 g/mol. The second kappa shape index (κ2) is 5.93. The van der Waals surface area contributed by atoms with Crippen LogP contribution in [0.25, 0.3) is 0 Å². The molecule has 3 nitrogen and oxygen atoms in total. The number of hydrogen-bond acceptors (Lipinski definition) is 4. The van der Waals surface area contributed by atoms with Gasteiger partial charge in [0.05, 0.1) is 5.69 Å². The summed E-state index contributed by atoms with van der Waals surface area (Å²) in [6.07, 6.45) is 2.71. The second-order valence-corrected chi connectivity index (χ2v) is 5.39. The van der Waals surface area contributed by atoms with E-state index in [2.05, 4.69) is 34.1 Å². The topological polar surface area (TPSA) is 50.9 Å². The van der Waals surface area contributed by atoms with Gasteiger partial charge in [0, 0.05) is 17.9 Å². The molecule has 0 radical (unpaired) electrons. The average molecular weight is 277 g/mol. The molecule has 3 N–H and O–H groups in total. The van der Waals surface area contributed by atoms with Crippen LogP contribution in [0.4, 0.5) is 5.69 Å². The van der Waals surface area contributed by atoms with Gasteiger partial charge in [-0.1, -0.05) is 12.2 Å². The lowest BCUT2D eigenvalue weighted by Gasteiger charge is -2.15. The zero-order valence-corrected chi connectivity index (χ0v) is 11.7. The van der Waals surface area contributed by atoms with Gasteiger partial charge in [-0.15, -0.1) is 0 Å². The van der Waals surface area contributed by atoms with Gasteiger partial charge < -0.3 is 11.1 Å². The highest BCUT2D eigenvalue weighted by Crippen LogP contribution is 2.13. The number of nitrogens with zero attached hydrogens (tertiary/aromatic N) is 1. The third-order valence-corrected chi connectivity index (χ3v) is 3.49. The summed E-state index contributed by atoms with van der Waals surface area (Å²) in [5, 5.41) is 7.69. The first-order valence-corrected chi connectivity index (χ1v) is 7.03. The van der Waals surface area contributed by atoms with Crippen LogP contribution in [0.3, 0.4) is 0 Å². The third kappa shape index (κ3) is 3.51. The Morgan fingerprint density at radius 2 is 2.39 bits per heavy atom. The van der Waals surface area contributed by atoms with E-state index in [-0.39, 0.29) is 0 Å². The zero-order valence-electron chi connectivity index (χ0n) is 10.1. The summed E-state index contributed by atoms with van der Waals surface area (Å²) in [7, 11) is 0. The Balaban J connectivity index is 2.00. The standard InChI is InChI=1S/C13H15N3S2/c1-9(6-10-3-5-18-8-10)16-11-2-4-15-12(7-11)13(14)17/h2-5,7-9H,6H2,1H3,(H2,14,17)(H,15,16). The van der Waals surface area contributed by atoms with E-state index in [9.17, 15) is 0 Å².